The van der Waals surface area contributed by atoms with Crippen molar-refractivity contribution < 1.29 is 14.3 Å². The van der Waals surface area contributed by atoms with E-state index in [-0.39, 0.29) is 18.1 Å². The number of carbonyl (C=O) groups excluding carboxylic acids is 1. The molecule has 3 rings (SSSR count). The Kier molecular flexibility index (Phi) is 4.95. The van der Waals surface area contributed by atoms with Gasteiger partial charge in [-0.25, -0.2) is 0 Å². The first-order valence-electron chi connectivity index (χ1n) is 7.97. The summed E-state index contributed by atoms with van der Waals surface area (Å²) in [5.74, 6) is 0.141. The van der Waals surface area contributed by atoms with Crippen molar-refractivity contribution in [2.24, 2.45) is 7.05 Å². The van der Waals surface area contributed by atoms with E-state index in [2.05, 4.69) is 10.3 Å². The van der Waals surface area contributed by atoms with Crippen molar-refractivity contribution in [2.75, 3.05) is 6.54 Å². The molecule has 0 fully saturated rings. The van der Waals surface area contributed by atoms with Crippen LogP contribution >= 0.6 is 0 Å². The van der Waals surface area contributed by atoms with Gasteiger partial charge in [0.25, 0.3) is 5.91 Å². The molecule has 1 N–H and O–H groups in total. The number of amides is 1. The second-order valence-corrected chi connectivity index (χ2v) is 5.85. The molecule has 0 saturated carbocycles. The number of carbonyl (C=O) groups is 1. The lowest BCUT2D eigenvalue weighted by Crippen LogP contribution is -2.35. The highest BCUT2D eigenvalue weighted by atomic mass is 16.4. The Morgan fingerprint density at radius 3 is 2.64 bits per heavy atom. The average Bonchev–Trinajstić information content (AvgIpc) is 3.26. The van der Waals surface area contributed by atoms with Crippen molar-refractivity contribution in [2.45, 2.75) is 19.6 Å². The first kappa shape index (κ1) is 16.9. The molecule has 2 heterocycles. The molecule has 7 heteroatoms. The third-order valence-electron chi connectivity index (χ3n) is 4.08. The number of hydrogen-bond acceptors (Lipinski definition) is 5. The summed E-state index contributed by atoms with van der Waals surface area (Å²) in [6, 6.07) is 13.0. The Hall–Kier alpha value is -2.93. The molecule has 7 nitrogen and oxygen atoms in total. The van der Waals surface area contributed by atoms with Gasteiger partial charge in [-0.3, -0.25) is 9.48 Å². The maximum absolute atomic E-state index is 13.0. The van der Waals surface area contributed by atoms with Gasteiger partial charge in [-0.15, -0.1) is 5.10 Å². The molecule has 0 radical (unpaired) electrons. The Balaban J connectivity index is 1.85. The SMILES string of the molecule is Cc1c(C(=O)N(Cc2ccccc2)CC(O)c2ccco2)nnn1C. The van der Waals surface area contributed by atoms with Crippen LogP contribution in [0.25, 0.3) is 0 Å². The van der Waals surface area contributed by atoms with Crippen LogP contribution in [0.15, 0.2) is 53.1 Å². The molecule has 0 spiro atoms. The third kappa shape index (κ3) is 3.77. The highest BCUT2D eigenvalue weighted by molar-refractivity contribution is 5.93. The van der Waals surface area contributed by atoms with Crippen LogP contribution in [0, 0.1) is 6.92 Å². The summed E-state index contributed by atoms with van der Waals surface area (Å²) >= 11 is 0. The molecule has 25 heavy (non-hydrogen) atoms. The normalized spacial score (nSPS) is 12.1. The summed E-state index contributed by atoms with van der Waals surface area (Å²) in [5.41, 5.74) is 1.92. The smallest absolute Gasteiger partial charge is 0.276 e. The van der Waals surface area contributed by atoms with E-state index in [4.69, 9.17) is 4.42 Å². The summed E-state index contributed by atoms with van der Waals surface area (Å²) in [4.78, 5) is 14.5. The van der Waals surface area contributed by atoms with Gasteiger partial charge >= 0.3 is 0 Å². The van der Waals surface area contributed by atoms with Gasteiger partial charge in [-0.2, -0.15) is 0 Å². The van der Waals surface area contributed by atoms with Crippen LogP contribution in [0.4, 0.5) is 0 Å². The summed E-state index contributed by atoms with van der Waals surface area (Å²) in [6.45, 7) is 2.24. The minimum atomic E-state index is -0.917. The van der Waals surface area contributed by atoms with Crippen molar-refractivity contribution in [3.63, 3.8) is 0 Å². The van der Waals surface area contributed by atoms with Gasteiger partial charge < -0.3 is 14.4 Å². The van der Waals surface area contributed by atoms with Crippen molar-refractivity contribution in [3.8, 4) is 0 Å². The number of furan rings is 1. The highest BCUT2D eigenvalue weighted by Gasteiger charge is 2.25. The summed E-state index contributed by atoms with van der Waals surface area (Å²) < 4.78 is 6.79. The van der Waals surface area contributed by atoms with Gasteiger partial charge in [0, 0.05) is 13.6 Å². The van der Waals surface area contributed by atoms with Gasteiger partial charge in [0.15, 0.2) is 5.69 Å². The van der Waals surface area contributed by atoms with Crippen LogP contribution < -0.4 is 0 Å². The van der Waals surface area contributed by atoms with Gasteiger partial charge in [0.1, 0.15) is 11.9 Å². The molecule has 0 saturated heterocycles. The first-order valence-corrected chi connectivity index (χ1v) is 7.97. The fourth-order valence-corrected chi connectivity index (χ4v) is 2.55. The van der Waals surface area contributed by atoms with E-state index >= 15 is 0 Å². The second-order valence-electron chi connectivity index (χ2n) is 5.85. The standard InChI is InChI=1S/C18H20N4O3/c1-13-17(19-20-21(13)2)18(24)22(11-14-7-4-3-5-8-14)12-15(23)16-9-6-10-25-16/h3-10,15,23H,11-12H2,1-2H3. The van der Waals surface area contributed by atoms with Crippen LogP contribution in [0.1, 0.15) is 33.6 Å². The Morgan fingerprint density at radius 2 is 2.04 bits per heavy atom. The molecule has 1 aromatic carbocycles. The van der Waals surface area contributed by atoms with Gasteiger partial charge in [0.05, 0.1) is 18.5 Å². The average molecular weight is 340 g/mol. The fraction of sp³-hybridized carbons (Fsp3) is 0.278. The Morgan fingerprint density at radius 1 is 1.28 bits per heavy atom. The lowest BCUT2D eigenvalue weighted by molar-refractivity contribution is 0.0557. The molecule has 1 unspecified atom stereocenters. The number of benzene rings is 1. The molecule has 1 amide bonds. The van der Waals surface area contributed by atoms with E-state index in [9.17, 15) is 9.90 Å². The predicted molar refractivity (Wildman–Crippen MR) is 90.6 cm³/mol. The minimum absolute atomic E-state index is 0.0945. The highest BCUT2D eigenvalue weighted by Crippen LogP contribution is 2.18. The number of hydrogen-bond donors (Lipinski definition) is 1. The maximum Gasteiger partial charge on any atom is 0.276 e. The third-order valence-corrected chi connectivity index (χ3v) is 4.08. The van der Waals surface area contributed by atoms with Gasteiger partial charge in [-0.1, -0.05) is 35.5 Å². The molecule has 2 aromatic heterocycles. The predicted octanol–water partition coefficient (Wildman–Crippen LogP) is 2.09. The summed E-state index contributed by atoms with van der Waals surface area (Å²) in [5, 5.41) is 18.3. The Labute approximate surface area is 145 Å². The zero-order valence-electron chi connectivity index (χ0n) is 14.2. The quantitative estimate of drug-likeness (QED) is 0.743. The topological polar surface area (TPSA) is 84.4 Å². The van der Waals surface area contributed by atoms with Crippen molar-refractivity contribution >= 4 is 5.91 Å². The van der Waals surface area contributed by atoms with Crippen LogP contribution in [0.3, 0.4) is 0 Å². The fourth-order valence-electron chi connectivity index (χ4n) is 2.55. The van der Waals surface area contributed by atoms with E-state index in [1.807, 2.05) is 30.3 Å². The molecule has 1 atom stereocenters. The van der Waals surface area contributed by atoms with E-state index < -0.39 is 6.10 Å². The van der Waals surface area contributed by atoms with Gasteiger partial charge in [0.2, 0.25) is 0 Å². The molecule has 0 aliphatic heterocycles. The second kappa shape index (κ2) is 7.31. The van der Waals surface area contributed by atoms with Gasteiger partial charge in [-0.05, 0) is 24.6 Å². The van der Waals surface area contributed by atoms with Crippen molar-refractivity contribution in [1.82, 2.24) is 19.9 Å². The largest absolute Gasteiger partial charge is 0.467 e. The van der Waals surface area contributed by atoms with Crippen molar-refractivity contribution in [1.29, 1.82) is 0 Å². The number of aliphatic hydroxyl groups excluding tert-OH is 1. The molecule has 0 aliphatic carbocycles. The first-order chi connectivity index (χ1) is 12.1. The molecule has 0 aliphatic rings. The van der Waals surface area contributed by atoms with Crippen LogP contribution in [0.5, 0.6) is 0 Å². The van der Waals surface area contributed by atoms with E-state index in [1.165, 1.54) is 6.26 Å². The van der Waals surface area contributed by atoms with Crippen LogP contribution in [-0.4, -0.2) is 37.5 Å². The number of aromatic nitrogens is 3. The van der Waals surface area contributed by atoms with E-state index in [0.717, 1.165) is 5.56 Å². The van der Waals surface area contributed by atoms with Crippen LogP contribution in [0.2, 0.25) is 0 Å². The molecular formula is C18H20N4O3. The lowest BCUT2D eigenvalue weighted by atomic mass is 10.1. The minimum Gasteiger partial charge on any atom is -0.467 e. The van der Waals surface area contributed by atoms with E-state index in [1.54, 1.807) is 35.7 Å². The van der Waals surface area contributed by atoms with Crippen molar-refractivity contribution in [3.05, 3.63) is 71.4 Å². The Bertz CT molecular complexity index is 827. The molecule has 0 bridgehead atoms. The summed E-state index contributed by atoms with van der Waals surface area (Å²) in [6.07, 6.45) is 0.578. The summed E-state index contributed by atoms with van der Waals surface area (Å²) in [7, 11) is 1.73. The molecule has 130 valence electrons. The number of rotatable bonds is 6. The number of nitrogens with zero attached hydrogens (tertiary/aromatic N) is 4. The maximum atomic E-state index is 13.0. The van der Waals surface area contributed by atoms with E-state index in [0.29, 0.717) is 18.0 Å². The van der Waals surface area contributed by atoms with Crippen LogP contribution in [-0.2, 0) is 13.6 Å². The molecular weight excluding hydrogens is 320 g/mol. The lowest BCUT2D eigenvalue weighted by Gasteiger charge is -2.24. The zero-order valence-corrected chi connectivity index (χ0v) is 14.2. The number of aryl methyl sites for hydroxylation is 1. The number of aliphatic hydroxyl groups is 1. The molecule has 3 aromatic rings. The zero-order chi connectivity index (χ0) is 17.8. The monoisotopic (exact) mass is 340 g/mol.